The molecule has 2 bridgehead atoms. The summed E-state index contributed by atoms with van der Waals surface area (Å²) in [6.07, 6.45) is 1.83. The van der Waals surface area contributed by atoms with Gasteiger partial charge in [-0.05, 0) is 12.8 Å². The van der Waals surface area contributed by atoms with E-state index in [1.807, 2.05) is 0 Å². The molecule has 6 heteroatoms. The second-order valence-electron chi connectivity index (χ2n) is 5.82. The number of hydrogen-bond donors (Lipinski definition) is 0. The van der Waals surface area contributed by atoms with Gasteiger partial charge in [-0.1, -0.05) is 0 Å². The summed E-state index contributed by atoms with van der Waals surface area (Å²) in [4.78, 5) is 28.4. The third-order valence-corrected chi connectivity index (χ3v) is 4.82. The maximum Gasteiger partial charge on any atom is 0.236 e. The van der Waals surface area contributed by atoms with Crippen LogP contribution in [0.1, 0.15) is 12.8 Å². The second kappa shape index (κ2) is 4.26. The highest BCUT2D eigenvalue weighted by molar-refractivity contribution is 6.06. The van der Waals surface area contributed by atoms with Crippen molar-refractivity contribution in [2.45, 2.75) is 25.0 Å². The zero-order valence-electron chi connectivity index (χ0n) is 10.8. The first kappa shape index (κ1) is 11.8. The minimum atomic E-state index is -0.202. The van der Waals surface area contributed by atoms with Crippen molar-refractivity contribution < 1.29 is 19.1 Å². The van der Waals surface area contributed by atoms with Crippen molar-refractivity contribution in [1.82, 2.24) is 9.80 Å². The molecule has 4 heterocycles. The number of likely N-dealkylation sites (tertiary alicyclic amines) is 1. The van der Waals surface area contributed by atoms with Crippen molar-refractivity contribution in [2.24, 2.45) is 11.8 Å². The minimum absolute atomic E-state index is 0.0128. The van der Waals surface area contributed by atoms with Gasteiger partial charge in [0.15, 0.2) is 0 Å². The topological polar surface area (TPSA) is 59.1 Å². The normalized spacial score (nSPS) is 42.2. The number of ether oxygens (including phenoxy) is 2. The Morgan fingerprint density at radius 2 is 1.58 bits per heavy atom. The summed E-state index contributed by atoms with van der Waals surface area (Å²) in [5, 5.41) is 0. The molecule has 0 aromatic rings. The summed E-state index contributed by atoms with van der Waals surface area (Å²) in [6.45, 7) is 3.36. The van der Waals surface area contributed by atoms with Gasteiger partial charge in [-0.25, -0.2) is 0 Å². The molecular weight excluding hydrogens is 248 g/mol. The van der Waals surface area contributed by atoms with Gasteiger partial charge in [0, 0.05) is 13.1 Å². The summed E-state index contributed by atoms with van der Waals surface area (Å²) in [5.74, 6) is -0.443. The molecule has 4 aliphatic heterocycles. The van der Waals surface area contributed by atoms with Crippen molar-refractivity contribution in [1.29, 1.82) is 0 Å². The van der Waals surface area contributed by atoms with Crippen LogP contribution in [0.25, 0.3) is 0 Å². The van der Waals surface area contributed by atoms with Gasteiger partial charge in [-0.2, -0.15) is 0 Å². The van der Waals surface area contributed by atoms with E-state index >= 15 is 0 Å². The summed E-state index contributed by atoms with van der Waals surface area (Å²) in [7, 11) is 0. The second-order valence-corrected chi connectivity index (χ2v) is 5.82. The van der Waals surface area contributed by atoms with Gasteiger partial charge < -0.3 is 9.47 Å². The first-order valence-electron chi connectivity index (χ1n) is 7.06. The quantitative estimate of drug-likeness (QED) is 0.627. The molecule has 0 spiro atoms. The minimum Gasteiger partial charge on any atom is -0.379 e. The molecule has 4 aliphatic rings. The number of fused-ring (bicyclic) bond motifs is 5. The van der Waals surface area contributed by atoms with Crippen molar-refractivity contribution in [3.63, 3.8) is 0 Å². The van der Waals surface area contributed by atoms with Gasteiger partial charge >= 0.3 is 0 Å². The van der Waals surface area contributed by atoms with E-state index in [1.165, 1.54) is 4.90 Å². The largest absolute Gasteiger partial charge is 0.379 e. The smallest absolute Gasteiger partial charge is 0.236 e. The molecule has 104 valence electrons. The van der Waals surface area contributed by atoms with Crippen LogP contribution < -0.4 is 0 Å². The fourth-order valence-corrected chi connectivity index (χ4v) is 3.86. The zero-order valence-corrected chi connectivity index (χ0v) is 10.8. The maximum absolute atomic E-state index is 12.4. The Kier molecular flexibility index (Phi) is 2.65. The Morgan fingerprint density at radius 1 is 1.00 bits per heavy atom. The molecule has 0 aliphatic carbocycles. The van der Waals surface area contributed by atoms with Crippen LogP contribution in [0, 0.1) is 11.8 Å². The fourth-order valence-electron chi connectivity index (χ4n) is 3.86. The molecule has 0 saturated carbocycles. The Balaban J connectivity index is 1.51. The predicted octanol–water partition coefficient (Wildman–Crippen LogP) is -0.561. The molecule has 0 radical (unpaired) electrons. The van der Waals surface area contributed by atoms with Gasteiger partial charge in [-0.15, -0.1) is 0 Å². The molecule has 4 rings (SSSR count). The zero-order chi connectivity index (χ0) is 13.0. The highest BCUT2D eigenvalue weighted by Crippen LogP contribution is 2.48. The number of carbonyl (C=O) groups is 2. The standard InChI is InChI=1S/C13H18N2O4/c16-12-10-8-1-2-9(19-8)11(10)13(17)15(12)7-14-3-5-18-6-4-14/h8-11H,1-7H2/t8?,9?,10-,11+. The van der Waals surface area contributed by atoms with E-state index in [2.05, 4.69) is 4.90 Å². The summed E-state index contributed by atoms with van der Waals surface area (Å²) >= 11 is 0. The van der Waals surface area contributed by atoms with Crippen LogP contribution >= 0.6 is 0 Å². The van der Waals surface area contributed by atoms with E-state index in [-0.39, 0.29) is 35.9 Å². The molecule has 4 fully saturated rings. The lowest BCUT2D eigenvalue weighted by molar-refractivity contribution is -0.146. The molecule has 0 aromatic carbocycles. The number of nitrogens with zero attached hydrogens (tertiary/aromatic N) is 2. The third kappa shape index (κ3) is 1.67. The molecule has 4 atom stereocenters. The molecule has 6 nitrogen and oxygen atoms in total. The van der Waals surface area contributed by atoms with Crippen LogP contribution in [0.15, 0.2) is 0 Å². The van der Waals surface area contributed by atoms with E-state index in [4.69, 9.17) is 9.47 Å². The summed E-state index contributed by atoms with van der Waals surface area (Å²) in [5.41, 5.74) is 0. The lowest BCUT2D eigenvalue weighted by atomic mass is 9.81. The Bertz CT molecular complexity index is 393. The van der Waals surface area contributed by atoms with Crippen LogP contribution in [0.5, 0.6) is 0 Å². The SMILES string of the molecule is O=C1[C@@H]2C3CCC(O3)[C@@H]2C(=O)N1CN1CCOCC1. The average Bonchev–Trinajstić information content (AvgIpc) is 3.10. The number of amides is 2. The Labute approximate surface area is 111 Å². The first-order chi connectivity index (χ1) is 9.25. The van der Waals surface area contributed by atoms with E-state index in [1.54, 1.807) is 0 Å². The van der Waals surface area contributed by atoms with Crippen molar-refractivity contribution in [3.8, 4) is 0 Å². The molecule has 0 aromatic heterocycles. The molecule has 2 amide bonds. The summed E-state index contributed by atoms with van der Waals surface area (Å²) < 4.78 is 11.0. The van der Waals surface area contributed by atoms with Gasteiger partial charge in [-0.3, -0.25) is 19.4 Å². The lowest BCUT2D eigenvalue weighted by Crippen LogP contribution is -2.47. The highest BCUT2D eigenvalue weighted by Gasteiger charge is 2.62. The van der Waals surface area contributed by atoms with Crippen molar-refractivity contribution in [3.05, 3.63) is 0 Å². The van der Waals surface area contributed by atoms with Crippen molar-refractivity contribution in [2.75, 3.05) is 33.0 Å². The maximum atomic E-state index is 12.4. The number of hydrogen-bond acceptors (Lipinski definition) is 5. The summed E-state index contributed by atoms with van der Waals surface area (Å²) in [6, 6.07) is 0. The van der Waals surface area contributed by atoms with Crippen LogP contribution in [0.3, 0.4) is 0 Å². The van der Waals surface area contributed by atoms with Crippen LogP contribution in [0.2, 0.25) is 0 Å². The number of morpholine rings is 1. The molecular formula is C13H18N2O4. The monoisotopic (exact) mass is 266 g/mol. The Hall–Kier alpha value is -0.980. The third-order valence-electron chi connectivity index (χ3n) is 4.82. The lowest BCUT2D eigenvalue weighted by Gasteiger charge is -2.30. The first-order valence-corrected chi connectivity index (χ1v) is 7.06. The molecule has 2 unspecified atom stereocenters. The van der Waals surface area contributed by atoms with E-state index < -0.39 is 0 Å². The molecule has 0 N–H and O–H groups in total. The van der Waals surface area contributed by atoms with E-state index in [9.17, 15) is 9.59 Å². The molecule has 4 saturated heterocycles. The van der Waals surface area contributed by atoms with Gasteiger partial charge in [0.1, 0.15) is 0 Å². The fraction of sp³-hybridized carbons (Fsp3) is 0.846. The van der Waals surface area contributed by atoms with Crippen molar-refractivity contribution >= 4 is 11.8 Å². The van der Waals surface area contributed by atoms with Crippen LogP contribution in [-0.2, 0) is 19.1 Å². The predicted molar refractivity (Wildman–Crippen MR) is 64.0 cm³/mol. The average molecular weight is 266 g/mol. The van der Waals surface area contributed by atoms with Gasteiger partial charge in [0.2, 0.25) is 11.8 Å². The van der Waals surface area contributed by atoms with Crippen LogP contribution in [-0.4, -0.2) is 66.8 Å². The van der Waals surface area contributed by atoms with Gasteiger partial charge in [0.05, 0.1) is 43.9 Å². The van der Waals surface area contributed by atoms with Gasteiger partial charge in [0.25, 0.3) is 0 Å². The number of carbonyl (C=O) groups excluding carboxylic acids is 2. The van der Waals surface area contributed by atoms with E-state index in [0.29, 0.717) is 19.9 Å². The number of imide groups is 1. The number of rotatable bonds is 2. The Morgan fingerprint density at radius 3 is 2.16 bits per heavy atom. The molecule has 19 heavy (non-hydrogen) atoms. The highest BCUT2D eigenvalue weighted by atomic mass is 16.5. The van der Waals surface area contributed by atoms with E-state index in [0.717, 1.165) is 25.9 Å². The van der Waals surface area contributed by atoms with Crippen LogP contribution in [0.4, 0.5) is 0 Å².